The standard InChI is InChI=1S/C29H26N2O5S/c1-5-17-9-11-21-23(14-17)37-29(30-21)31-25(18-8-6-7-16(2)13-18)24(27(33)28(31)34)26(32)20-15-19(35-3)10-12-22(20)36-4/h6-15,25,32H,5H2,1-4H3/b26-24+. The van der Waals surface area contributed by atoms with Gasteiger partial charge in [-0.2, -0.15) is 0 Å². The molecule has 0 spiro atoms. The van der Waals surface area contributed by atoms with Crippen LogP contribution in [0.15, 0.2) is 66.2 Å². The number of rotatable bonds is 6. The minimum Gasteiger partial charge on any atom is -0.507 e. The Morgan fingerprint density at radius 3 is 2.57 bits per heavy atom. The third-order valence-corrected chi connectivity index (χ3v) is 7.54. The van der Waals surface area contributed by atoms with Crippen LogP contribution >= 0.6 is 11.3 Å². The number of carbonyl (C=O) groups is 2. The first kappa shape index (κ1) is 24.5. The summed E-state index contributed by atoms with van der Waals surface area (Å²) in [5, 5.41) is 11.9. The van der Waals surface area contributed by atoms with Gasteiger partial charge in [-0.15, -0.1) is 0 Å². The van der Waals surface area contributed by atoms with E-state index in [1.165, 1.54) is 30.5 Å². The van der Waals surface area contributed by atoms with Gasteiger partial charge in [-0.25, -0.2) is 4.98 Å². The fourth-order valence-electron chi connectivity index (χ4n) is 4.61. The highest BCUT2D eigenvalue weighted by atomic mass is 32.1. The van der Waals surface area contributed by atoms with Crippen LogP contribution in [-0.4, -0.2) is 36.0 Å². The molecule has 1 aromatic heterocycles. The number of aliphatic hydroxyl groups excluding tert-OH is 1. The molecule has 4 aromatic rings. The van der Waals surface area contributed by atoms with Crippen molar-refractivity contribution in [2.24, 2.45) is 0 Å². The van der Waals surface area contributed by atoms with Crippen LogP contribution < -0.4 is 14.4 Å². The number of carbonyl (C=O) groups excluding carboxylic acids is 2. The number of fused-ring (bicyclic) bond motifs is 1. The summed E-state index contributed by atoms with van der Waals surface area (Å²) in [4.78, 5) is 33.2. The Kier molecular flexibility index (Phi) is 6.43. The van der Waals surface area contributed by atoms with Crippen molar-refractivity contribution >= 4 is 44.1 Å². The molecule has 188 valence electrons. The van der Waals surface area contributed by atoms with E-state index in [9.17, 15) is 14.7 Å². The molecular formula is C29H26N2O5S. The average molecular weight is 515 g/mol. The number of aromatic nitrogens is 1. The topological polar surface area (TPSA) is 89.0 Å². The lowest BCUT2D eigenvalue weighted by molar-refractivity contribution is -0.132. The van der Waals surface area contributed by atoms with Gasteiger partial charge >= 0.3 is 5.91 Å². The summed E-state index contributed by atoms with van der Waals surface area (Å²) < 4.78 is 11.7. The lowest BCUT2D eigenvalue weighted by Gasteiger charge is -2.23. The summed E-state index contributed by atoms with van der Waals surface area (Å²) >= 11 is 1.35. The highest BCUT2D eigenvalue weighted by Gasteiger charge is 2.48. The summed E-state index contributed by atoms with van der Waals surface area (Å²) in [7, 11) is 2.98. The minimum absolute atomic E-state index is 0.0318. The van der Waals surface area contributed by atoms with Gasteiger partial charge in [-0.3, -0.25) is 14.5 Å². The Bertz CT molecular complexity index is 1570. The normalized spacial score (nSPS) is 17.0. The van der Waals surface area contributed by atoms with Crippen molar-refractivity contribution < 1.29 is 24.2 Å². The average Bonchev–Trinajstić information content (AvgIpc) is 3.45. The maximum absolute atomic E-state index is 13.5. The molecule has 5 rings (SSSR count). The van der Waals surface area contributed by atoms with E-state index in [1.807, 2.05) is 43.3 Å². The van der Waals surface area contributed by atoms with Gasteiger partial charge < -0.3 is 14.6 Å². The Balaban J connectivity index is 1.75. The third kappa shape index (κ3) is 4.23. The van der Waals surface area contributed by atoms with Crippen LogP contribution in [0.2, 0.25) is 0 Å². The predicted octanol–water partition coefficient (Wildman–Crippen LogP) is 5.81. The largest absolute Gasteiger partial charge is 0.507 e. The van der Waals surface area contributed by atoms with Gasteiger partial charge in [0.1, 0.15) is 17.3 Å². The van der Waals surface area contributed by atoms with Crippen LogP contribution in [0.5, 0.6) is 11.5 Å². The van der Waals surface area contributed by atoms with Crippen LogP contribution in [0.25, 0.3) is 16.0 Å². The molecule has 0 radical (unpaired) electrons. The fourth-order valence-corrected chi connectivity index (χ4v) is 5.67. The van der Waals surface area contributed by atoms with Gasteiger partial charge in [0, 0.05) is 0 Å². The van der Waals surface area contributed by atoms with Gasteiger partial charge in [-0.1, -0.05) is 54.2 Å². The van der Waals surface area contributed by atoms with Crippen molar-refractivity contribution in [3.8, 4) is 11.5 Å². The molecule has 0 aliphatic carbocycles. The van der Waals surface area contributed by atoms with E-state index in [0.29, 0.717) is 22.2 Å². The van der Waals surface area contributed by atoms with Crippen molar-refractivity contribution in [1.82, 2.24) is 4.98 Å². The number of aryl methyl sites for hydroxylation is 2. The van der Waals surface area contributed by atoms with Gasteiger partial charge in [0.2, 0.25) is 0 Å². The number of benzene rings is 3. The summed E-state index contributed by atoms with van der Waals surface area (Å²) in [6.07, 6.45) is 0.874. The smallest absolute Gasteiger partial charge is 0.301 e. The minimum atomic E-state index is -0.873. The molecule has 1 aliphatic heterocycles. The SMILES string of the molecule is CCc1ccc2nc(N3C(=O)C(=O)/C(=C(/O)c4cc(OC)ccc4OC)C3c3cccc(C)c3)sc2c1. The molecule has 0 saturated carbocycles. The molecule has 1 aliphatic rings. The molecule has 1 amide bonds. The van der Waals surface area contributed by atoms with Crippen molar-refractivity contribution in [2.75, 3.05) is 19.1 Å². The summed E-state index contributed by atoms with van der Waals surface area (Å²) in [5.41, 5.74) is 3.78. The van der Waals surface area contributed by atoms with E-state index in [2.05, 4.69) is 13.0 Å². The first-order valence-electron chi connectivity index (χ1n) is 11.9. The Morgan fingerprint density at radius 2 is 1.86 bits per heavy atom. The van der Waals surface area contributed by atoms with Crippen LogP contribution in [0.4, 0.5) is 5.13 Å². The molecule has 1 saturated heterocycles. The number of methoxy groups -OCH3 is 2. The number of aliphatic hydroxyl groups is 1. The fraction of sp³-hybridized carbons (Fsp3) is 0.207. The van der Waals surface area contributed by atoms with E-state index < -0.39 is 17.7 Å². The zero-order chi connectivity index (χ0) is 26.3. The monoisotopic (exact) mass is 514 g/mol. The molecule has 1 N–H and O–H groups in total. The van der Waals surface area contributed by atoms with Crippen LogP contribution in [0.3, 0.4) is 0 Å². The second-order valence-corrected chi connectivity index (χ2v) is 9.81. The number of ether oxygens (including phenoxy) is 2. The molecule has 1 fully saturated rings. The van der Waals surface area contributed by atoms with Crippen LogP contribution in [0.1, 0.15) is 35.2 Å². The first-order chi connectivity index (χ1) is 17.9. The number of ketones is 1. The Morgan fingerprint density at radius 1 is 1.05 bits per heavy atom. The van der Waals surface area contributed by atoms with Crippen molar-refractivity contribution in [3.63, 3.8) is 0 Å². The number of amides is 1. The highest BCUT2D eigenvalue weighted by molar-refractivity contribution is 7.22. The van der Waals surface area contributed by atoms with Gasteiger partial charge in [0.05, 0.1) is 41.6 Å². The summed E-state index contributed by atoms with van der Waals surface area (Å²) in [5.74, 6) is -1.05. The van der Waals surface area contributed by atoms with Crippen LogP contribution in [-0.2, 0) is 16.0 Å². The number of nitrogens with zero attached hydrogens (tertiary/aromatic N) is 2. The maximum Gasteiger partial charge on any atom is 0.301 e. The van der Waals surface area contributed by atoms with Gasteiger partial charge in [0.15, 0.2) is 5.13 Å². The Hall–Kier alpha value is -4.17. The highest BCUT2D eigenvalue weighted by Crippen LogP contribution is 2.45. The van der Waals surface area contributed by atoms with Crippen molar-refractivity contribution in [2.45, 2.75) is 26.3 Å². The lowest BCUT2D eigenvalue weighted by atomic mass is 9.94. The van der Waals surface area contributed by atoms with E-state index >= 15 is 0 Å². The second kappa shape index (κ2) is 9.71. The number of thiazole rings is 1. The molecule has 8 heteroatoms. The first-order valence-corrected chi connectivity index (χ1v) is 12.7. The molecule has 7 nitrogen and oxygen atoms in total. The zero-order valence-corrected chi connectivity index (χ0v) is 21.8. The number of hydrogen-bond acceptors (Lipinski definition) is 7. The Labute approximate surface area is 218 Å². The van der Waals surface area contributed by atoms with E-state index in [4.69, 9.17) is 14.5 Å². The maximum atomic E-state index is 13.5. The van der Waals surface area contributed by atoms with E-state index in [0.717, 1.165) is 27.8 Å². The molecule has 37 heavy (non-hydrogen) atoms. The van der Waals surface area contributed by atoms with Crippen molar-refractivity contribution in [3.05, 3.63) is 88.5 Å². The van der Waals surface area contributed by atoms with Gasteiger partial charge in [-0.05, 0) is 54.8 Å². The lowest BCUT2D eigenvalue weighted by Crippen LogP contribution is -2.29. The number of hydrogen-bond donors (Lipinski definition) is 1. The molecular weight excluding hydrogens is 488 g/mol. The number of anilines is 1. The summed E-state index contributed by atoms with van der Waals surface area (Å²) in [6, 6.07) is 17.6. The van der Waals surface area contributed by atoms with E-state index in [-0.39, 0.29) is 16.9 Å². The molecule has 0 bridgehead atoms. The van der Waals surface area contributed by atoms with E-state index in [1.54, 1.807) is 18.2 Å². The second-order valence-electron chi connectivity index (χ2n) is 8.80. The van der Waals surface area contributed by atoms with Crippen molar-refractivity contribution in [1.29, 1.82) is 0 Å². The zero-order valence-electron chi connectivity index (χ0n) is 20.9. The quantitative estimate of drug-likeness (QED) is 0.198. The molecule has 1 unspecified atom stereocenters. The third-order valence-electron chi connectivity index (χ3n) is 6.52. The van der Waals surface area contributed by atoms with Crippen LogP contribution in [0, 0.1) is 6.92 Å². The molecule has 2 heterocycles. The molecule has 1 atom stereocenters. The predicted molar refractivity (Wildman–Crippen MR) is 145 cm³/mol. The van der Waals surface area contributed by atoms with Gasteiger partial charge in [0.25, 0.3) is 5.78 Å². The number of Topliss-reactive ketones (excluding diaryl/α,β-unsaturated/α-hetero) is 1. The summed E-state index contributed by atoms with van der Waals surface area (Å²) in [6.45, 7) is 4.01. The molecule has 3 aromatic carbocycles.